The Kier molecular flexibility index (Phi) is 6.13. The van der Waals surface area contributed by atoms with Crippen LogP contribution in [-0.2, 0) is 21.4 Å². The van der Waals surface area contributed by atoms with Crippen molar-refractivity contribution in [3.05, 3.63) is 59.7 Å². The van der Waals surface area contributed by atoms with Crippen molar-refractivity contribution in [1.29, 1.82) is 0 Å². The number of carbonyl (C=O) groups is 1. The molecule has 0 radical (unpaired) electrons. The lowest BCUT2D eigenvalue weighted by Crippen LogP contribution is -2.28. The molecule has 0 aliphatic carbocycles. The summed E-state index contributed by atoms with van der Waals surface area (Å²) < 4.78 is 37.7. The molecule has 0 bridgehead atoms. The first-order chi connectivity index (χ1) is 13.0. The van der Waals surface area contributed by atoms with E-state index in [0.29, 0.717) is 25.4 Å². The summed E-state index contributed by atoms with van der Waals surface area (Å²) in [5.41, 5.74) is 0.970. The third-order valence-electron chi connectivity index (χ3n) is 4.40. The van der Waals surface area contributed by atoms with E-state index in [1.807, 2.05) is 31.2 Å². The van der Waals surface area contributed by atoms with Crippen LogP contribution in [0, 0.1) is 0 Å². The summed E-state index contributed by atoms with van der Waals surface area (Å²) in [5, 5.41) is 0. The quantitative estimate of drug-likeness (QED) is 0.680. The van der Waals surface area contributed by atoms with Gasteiger partial charge in [-0.25, -0.2) is 13.2 Å². The van der Waals surface area contributed by atoms with E-state index in [2.05, 4.69) is 0 Å². The summed E-state index contributed by atoms with van der Waals surface area (Å²) in [6, 6.07) is 13.3. The topological polar surface area (TPSA) is 72.9 Å². The van der Waals surface area contributed by atoms with Crippen molar-refractivity contribution >= 4 is 16.0 Å². The van der Waals surface area contributed by atoms with Gasteiger partial charge in [0.05, 0.1) is 17.1 Å². The molecular weight excluding hydrogens is 366 g/mol. The summed E-state index contributed by atoms with van der Waals surface area (Å²) in [5.74, 6) is 0.0953. The molecule has 1 heterocycles. The zero-order chi connectivity index (χ0) is 19.3. The van der Waals surface area contributed by atoms with Crippen LogP contribution in [0.4, 0.5) is 0 Å². The third-order valence-corrected chi connectivity index (χ3v) is 6.30. The van der Waals surface area contributed by atoms with Crippen molar-refractivity contribution < 1.29 is 22.7 Å². The minimum absolute atomic E-state index is 0.0537. The second-order valence-electron chi connectivity index (χ2n) is 6.26. The molecule has 0 atom stereocenters. The van der Waals surface area contributed by atoms with Gasteiger partial charge in [0, 0.05) is 18.7 Å². The molecule has 27 heavy (non-hydrogen) atoms. The highest BCUT2D eigenvalue weighted by atomic mass is 32.2. The highest BCUT2D eigenvalue weighted by Gasteiger charge is 2.27. The second-order valence-corrected chi connectivity index (χ2v) is 8.19. The average molecular weight is 389 g/mol. The lowest BCUT2D eigenvalue weighted by atomic mass is 10.2. The lowest BCUT2D eigenvalue weighted by Gasteiger charge is -2.16. The van der Waals surface area contributed by atoms with Crippen LogP contribution in [0.25, 0.3) is 0 Å². The van der Waals surface area contributed by atoms with Gasteiger partial charge in [0.15, 0.2) is 0 Å². The van der Waals surface area contributed by atoms with Crippen LogP contribution in [0.15, 0.2) is 53.4 Å². The molecule has 144 valence electrons. The van der Waals surface area contributed by atoms with Gasteiger partial charge in [0.25, 0.3) is 0 Å². The Balaban J connectivity index is 1.73. The van der Waals surface area contributed by atoms with Gasteiger partial charge in [-0.2, -0.15) is 4.31 Å². The normalized spacial score (nSPS) is 14.9. The minimum atomic E-state index is -3.57. The highest BCUT2D eigenvalue weighted by Crippen LogP contribution is 2.23. The Morgan fingerprint density at radius 2 is 1.81 bits per heavy atom. The Labute approximate surface area is 159 Å². The molecule has 3 rings (SSSR count). The number of hydrogen-bond donors (Lipinski definition) is 0. The summed E-state index contributed by atoms with van der Waals surface area (Å²) in [6.45, 7) is 3.49. The van der Waals surface area contributed by atoms with Crippen LogP contribution >= 0.6 is 0 Å². The largest absolute Gasteiger partial charge is 0.493 e. The number of rotatable bonds is 7. The van der Waals surface area contributed by atoms with Crippen molar-refractivity contribution in [3.8, 4) is 5.75 Å². The average Bonchev–Trinajstić information content (AvgIpc) is 3.23. The number of esters is 1. The fourth-order valence-corrected chi connectivity index (χ4v) is 4.57. The van der Waals surface area contributed by atoms with Crippen LogP contribution < -0.4 is 4.74 Å². The van der Waals surface area contributed by atoms with Crippen LogP contribution in [0.5, 0.6) is 5.75 Å². The van der Waals surface area contributed by atoms with E-state index in [1.54, 1.807) is 12.1 Å². The van der Waals surface area contributed by atoms with Gasteiger partial charge in [-0.1, -0.05) is 24.3 Å². The summed E-state index contributed by atoms with van der Waals surface area (Å²) in [6.07, 6.45) is 1.72. The van der Waals surface area contributed by atoms with Crippen molar-refractivity contribution in [2.75, 3.05) is 19.7 Å². The first kappa shape index (κ1) is 19.4. The molecule has 0 spiro atoms. The van der Waals surface area contributed by atoms with E-state index in [-0.39, 0.29) is 17.1 Å². The zero-order valence-corrected chi connectivity index (χ0v) is 16.1. The summed E-state index contributed by atoms with van der Waals surface area (Å²) in [4.78, 5) is 12.5. The SMILES string of the molecule is CCOc1ccccc1COC(=O)c1cccc(S(=O)(=O)N2CCCC2)c1. The van der Waals surface area contributed by atoms with E-state index in [0.717, 1.165) is 18.4 Å². The smallest absolute Gasteiger partial charge is 0.338 e. The Bertz CT molecular complexity index is 904. The maximum atomic E-state index is 12.7. The Hall–Kier alpha value is -2.38. The molecule has 1 fully saturated rings. The number of benzene rings is 2. The van der Waals surface area contributed by atoms with Crippen molar-refractivity contribution in [3.63, 3.8) is 0 Å². The van der Waals surface area contributed by atoms with Crippen molar-refractivity contribution in [1.82, 2.24) is 4.31 Å². The molecule has 2 aromatic rings. The van der Waals surface area contributed by atoms with Crippen molar-refractivity contribution in [2.45, 2.75) is 31.3 Å². The van der Waals surface area contributed by atoms with E-state index < -0.39 is 16.0 Å². The predicted molar refractivity (Wildman–Crippen MR) is 101 cm³/mol. The Morgan fingerprint density at radius 3 is 2.56 bits per heavy atom. The van der Waals surface area contributed by atoms with Crippen molar-refractivity contribution in [2.24, 2.45) is 0 Å². The lowest BCUT2D eigenvalue weighted by molar-refractivity contribution is 0.0469. The molecule has 0 aromatic heterocycles. The standard InChI is InChI=1S/C20H23NO5S/c1-2-25-19-11-4-3-8-17(19)15-26-20(22)16-9-7-10-18(14-16)27(23,24)21-12-5-6-13-21/h3-4,7-11,14H,2,5-6,12-13,15H2,1H3. The first-order valence-corrected chi connectivity index (χ1v) is 10.4. The number of carbonyl (C=O) groups excluding carboxylic acids is 1. The van der Waals surface area contributed by atoms with Gasteiger partial charge in [0.1, 0.15) is 12.4 Å². The maximum absolute atomic E-state index is 12.7. The summed E-state index contributed by atoms with van der Waals surface area (Å²) in [7, 11) is -3.57. The van der Waals surface area contributed by atoms with Crippen LogP contribution in [-0.4, -0.2) is 38.4 Å². The van der Waals surface area contributed by atoms with Gasteiger partial charge in [0.2, 0.25) is 10.0 Å². The molecule has 1 saturated heterocycles. The van der Waals surface area contributed by atoms with E-state index in [1.165, 1.54) is 16.4 Å². The van der Waals surface area contributed by atoms with E-state index in [4.69, 9.17) is 9.47 Å². The van der Waals surface area contributed by atoms with Gasteiger partial charge in [-0.05, 0) is 44.0 Å². The molecule has 0 unspecified atom stereocenters. The molecule has 2 aromatic carbocycles. The predicted octanol–water partition coefficient (Wildman–Crippen LogP) is 3.23. The fraction of sp³-hybridized carbons (Fsp3) is 0.350. The van der Waals surface area contributed by atoms with Gasteiger partial charge < -0.3 is 9.47 Å². The highest BCUT2D eigenvalue weighted by molar-refractivity contribution is 7.89. The molecule has 7 heteroatoms. The second kappa shape index (κ2) is 8.54. The van der Waals surface area contributed by atoms with Gasteiger partial charge in [-0.3, -0.25) is 0 Å². The zero-order valence-electron chi connectivity index (χ0n) is 15.3. The molecule has 0 amide bonds. The number of sulfonamides is 1. The molecule has 1 aliphatic rings. The molecule has 1 aliphatic heterocycles. The minimum Gasteiger partial charge on any atom is -0.493 e. The third kappa shape index (κ3) is 4.48. The number of ether oxygens (including phenoxy) is 2. The first-order valence-electron chi connectivity index (χ1n) is 9.00. The van der Waals surface area contributed by atoms with Gasteiger partial charge in [-0.15, -0.1) is 0 Å². The molecule has 0 N–H and O–H groups in total. The molecule has 0 saturated carbocycles. The van der Waals surface area contributed by atoms with Crippen LogP contribution in [0.3, 0.4) is 0 Å². The fourth-order valence-electron chi connectivity index (χ4n) is 3.01. The molecular formula is C20H23NO5S. The number of hydrogen-bond acceptors (Lipinski definition) is 5. The maximum Gasteiger partial charge on any atom is 0.338 e. The van der Waals surface area contributed by atoms with E-state index >= 15 is 0 Å². The van der Waals surface area contributed by atoms with Gasteiger partial charge >= 0.3 is 5.97 Å². The summed E-state index contributed by atoms with van der Waals surface area (Å²) >= 11 is 0. The monoisotopic (exact) mass is 389 g/mol. The number of nitrogens with zero attached hydrogens (tertiary/aromatic N) is 1. The number of para-hydroxylation sites is 1. The van der Waals surface area contributed by atoms with E-state index in [9.17, 15) is 13.2 Å². The van der Waals surface area contributed by atoms with Crippen LogP contribution in [0.1, 0.15) is 35.7 Å². The Morgan fingerprint density at radius 1 is 1.07 bits per heavy atom. The van der Waals surface area contributed by atoms with Crippen LogP contribution in [0.2, 0.25) is 0 Å². The molecule has 6 nitrogen and oxygen atoms in total.